The van der Waals surface area contributed by atoms with Crippen molar-refractivity contribution in [3.63, 3.8) is 0 Å². The molecular formula is C15H24N2O. The van der Waals surface area contributed by atoms with Crippen molar-refractivity contribution in [2.45, 2.75) is 19.3 Å². The van der Waals surface area contributed by atoms with Crippen LogP contribution in [0.2, 0.25) is 0 Å². The lowest BCUT2D eigenvalue weighted by Crippen LogP contribution is -2.28. The van der Waals surface area contributed by atoms with Crippen LogP contribution in [0.1, 0.15) is 18.4 Å². The molecule has 100 valence electrons. The number of ether oxygens (including phenoxy) is 1. The van der Waals surface area contributed by atoms with E-state index in [1.165, 1.54) is 24.1 Å². The number of piperidine rings is 1. The summed E-state index contributed by atoms with van der Waals surface area (Å²) in [6.07, 6.45) is 3.68. The van der Waals surface area contributed by atoms with E-state index in [0.717, 1.165) is 31.2 Å². The molecule has 1 aromatic carbocycles. The van der Waals surface area contributed by atoms with Gasteiger partial charge in [-0.25, -0.2) is 0 Å². The molecule has 0 radical (unpaired) electrons. The predicted molar refractivity (Wildman–Crippen MR) is 76.6 cm³/mol. The number of methoxy groups -OCH3 is 1. The molecule has 2 rings (SSSR count). The van der Waals surface area contributed by atoms with Crippen molar-refractivity contribution in [1.82, 2.24) is 5.32 Å². The molecule has 3 heteroatoms. The van der Waals surface area contributed by atoms with Crippen LogP contribution >= 0.6 is 0 Å². The van der Waals surface area contributed by atoms with Gasteiger partial charge in [0.05, 0.1) is 7.11 Å². The lowest BCUT2D eigenvalue weighted by molar-refractivity contribution is 0.361. The van der Waals surface area contributed by atoms with Crippen LogP contribution < -0.4 is 15.0 Å². The topological polar surface area (TPSA) is 24.5 Å². The highest BCUT2D eigenvalue weighted by Gasteiger charge is 2.16. The van der Waals surface area contributed by atoms with E-state index in [9.17, 15) is 0 Å². The fourth-order valence-electron chi connectivity index (χ4n) is 2.60. The minimum Gasteiger partial charge on any atom is -0.496 e. The van der Waals surface area contributed by atoms with Crippen molar-refractivity contribution in [3.05, 3.63) is 23.8 Å². The number of anilines is 1. The van der Waals surface area contributed by atoms with E-state index in [4.69, 9.17) is 4.74 Å². The Hall–Kier alpha value is -1.22. The van der Waals surface area contributed by atoms with Gasteiger partial charge in [0.15, 0.2) is 0 Å². The smallest absolute Gasteiger partial charge is 0.122 e. The quantitative estimate of drug-likeness (QED) is 0.885. The van der Waals surface area contributed by atoms with Gasteiger partial charge >= 0.3 is 0 Å². The van der Waals surface area contributed by atoms with E-state index in [1.807, 2.05) is 0 Å². The Morgan fingerprint density at radius 1 is 1.28 bits per heavy atom. The second-order valence-electron chi connectivity index (χ2n) is 5.29. The summed E-state index contributed by atoms with van der Waals surface area (Å²) in [7, 11) is 5.92. The summed E-state index contributed by atoms with van der Waals surface area (Å²) in [6.45, 7) is 2.31. The maximum atomic E-state index is 5.49. The molecule has 1 N–H and O–H groups in total. The third-order valence-electron chi connectivity index (χ3n) is 3.75. The molecule has 0 spiro atoms. The number of nitrogens with one attached hydrogen (secondary N) is 1. The van der Waals surface area contributed by atoms with Gasteiger partial charge in [-0.15, -0.1) is 0 Å². The SMILES string of the molecule is COc1ccc(N(C)C)cc1CC1CCNCC1. The Labute approximate surface area is 110 Å². The van der Waals surface area contributed by atoms with Gasteiger partial charge in [-0.1, -0.05) is 0 Å². The van der Waals surface area contributed by atoms with Gasteiger partial charge in [0, 0.05) is 19.8 Å². The van der Waals surface area contributed by atoms with Crippen molar-refractivity contribution in [2.24, 2.45) is 5.92 Å². The molecule has 0 aliphatic carbocycles. The molecule has 1 aliphatic heterocycles. The number of rotatable bonds is 4. The minimum absolute atomic E-state index is 0.789. The van der Waals surface area contributed by atoms with Crippen molar-refractivity contribution >= 4 is 5.69 Å². The highest BCUT2D eigenvalue weighted by atomic mass is 16.5. The summed E-state index contributed by atoms with van der Waals surface area (Å²) in [5.41, 5.74) is 2.59. The molecule has 1 saturated heterocycles. The highest BCUT2D eigenvalue weighted by molar-refractivity contribution is 5.52. The summed E-state index contributed by atoms with van der Waals surface area (Å²) >= 11 is 0. The first-order chi connectivity index (χ1) is 8.70. The zero-order chi connectivity index (χ0) is 13.0. The first-order valence-electron chi connectivity index (χ1n) is 6.75. The van der Waals surface area contributed by atoms with Gasteiger partial charge in [0.25, 0.3) is 0 Å². The molecular weight excluding hydrogens is 224 g/mol. The van der Waals surface area contributed by atoms with E-state index in [1.54, 1.807) is 7.11 Å². The van der Waals surface area contributed by atoms with E-state index in [0.29, 0.717) is 0 Å². The van der Waals surface area contributed by atoms with Gasteiger partial charge in [0.1, 0.15) is 5.75 Å². The van der Waals surface area contributed by atoms with Gasteiger partial charge in [-0.05, 0) is 62.0 Å². The maximum absolute atomic E-state index is 5.49. The van der Waals surface area contributed by atoms with Crippen LogP contribution in [0.3, 0.4) is 0 Å². The van der Waals surface area contributed by atoms with Gasteiger partial charge in [-0.3, -0.25) is 0 Å². The van der Waals surface area contributed by atoms with E-state index in [2.05, 4.69) is 42.5 Å². The monoisotopic (exact) mass is 248 g/mol. The summed E-state index contributed by atoms with van der Waals surface area (Å²) in [5, 5.41) is 3.42. The summed E-state index contributed by atoms with van der Waals surface area (Å²) < 4.78 is 5.49. The average molecular weight is 248 g/mol. The second kappa shape index (κ2) is 6.10. The standard InChI is InChI=1S/C15H24N2O/c1-17(2)14-4-5-15(18-3)13(11-14)10-12-6-8-16-9-7-12/h4-5,11-12,16H,6-10H2,1-3H3. The largest absolute Gasteiger partial charge is 0.496 e. The number of benzene rings is 1. The molecule has 0 unspecified atom stereocenters. The molecule has 1 aromatic rings. The van der Waals surface area contributed by atoms with Gasteiger partial charge < -0.3 is 15.0 Å². The Morgan fingerprint density at radius 3 is 2.61 bits per heavy atom. The molecule has 1 fully saturated rings. The normalized spacial score (nSPS) is 16.6. The summed E-state index contributed by atoms with van der Waals surface area (Å²) in [6, 6.07) is 6.47. The first kappa shape index (κ1) is 13.2. The minimum atomic E-state index is 0.789. The van der Waals surface area contributed by atoms with Crippen molar-refractivity contribution in [3.8, 4) is 5.75 Å². The van der Waals surface area contributed by atoms with E-state index in [-0.39, 0.29) is 0 Å². The second-order valence-corrected chi connectivity index (χ2v) is 5.29. The van der Waals surface area contributed by atoms with Crippen LogP contribution in [-0.2, 0) is 6.42 Å². The Balaban J connectivity index is 2.15. The Bertz CT molecular complexity index is 384. The average Bonchev–Trinajstić information content (AvgIpc) is 2.39. The maximum Gasteiger partial charge on any atom is 0.122 e. The fraction of sp³-hybridized carbons (Fsp3) is 0.600. The lowest BCUT2D eigenvalue weighted by Gasteiger charge is -2.24. The lowest BCUT2D eigenvalue weighted by atomic mass is 9.90. The molecule has 0 aromatic heterocycles. The van der Waals surface area contributed by atoms with Crippen molar-refractivity contribution in [2.75, 3.05) is 39.2 Å². The molecule has 0 bridgehead atoms. The van der Waals surface area contributed by atoms with Gasteiger partial charge in [-0.2, -0.15) is 0 Å². The van der Waals surface area contributed by atoms with Crippen molar-refractivity contribution in [1.29, 1.82) is 0 Å². The Morgan fingerprint density at radius 2 is 2.00 bits per heavy atom. The van der Waals surface area contributed by atoms with Gasteiger partial charge in [0.2, 0.25) is 0 Å². The number of hydrogen-bond acceptors (Lipinski definition) is 3. The zero-order valence-corrected chi connectivity index (χ0v) is 11.7. The highest BCUT2D eigenvalue weighted by Crippen LogP contribution is 2.28. The van der Waals surface area contributed by atoms with Crippen LogP contribution in [0.5, 0.6) is 5.75 Å². The third kappa shape index (κ3) is 3.16. The third-order valence-corrected chi connectivity index (χ3v) is 3.75. The van der Waals surface area contributed by atoms with Crippen LogP contribution in [0, 0.1) is 5.92 Å². The Kier molecular flexibility index (Phi) is 4.48. The van der Waals surface area contributed by atoms with E-state index >= 15 is 0 Å². The molecule has 3 nitrogen and oxygen atoms in total. The van der Waals surface area contributed by atoms with Crippen LogP contribution in [0.25, 0.3) is 0 Å². The molecule has 1 heterocycles. The molecule has 18 heavy (non-hydrogen) atoms. The van der Waals surface area contributed by atoms with Crippen LogP contribution in [-0.4, -0.2) is 34.3 Å². The number of nitrogens with zero attached hydrogens (tertiary/aromatic N) is 1. The molecule has 0 amide bonds. The first-order valence-corrected chi connectivity index (χ1v) is 6.75. The molecule has 0 atom stereocenters. The van der Waals surface area contributed by atoms with E-state index < -0.39 is 0 Å². The van der Waals surface area contributed by atoms with Crippen LogP contribution in [0.15, 0.2) is 18.2 Å². The zero-order valence-electron chi connectivity index (χ0n) is 11.7. The van der Waals surface area contributed by atoms with Crippen LogP contribution in [0.4, 0.5) is 5.69 Å². The summed E-state index contributed by atoms with van der Waals surface area (Å²) in [5.74, 6) is 1.82. The predicted octanol–water partition coefficient (Wildman–Crippen LogP) is 2.30. The fourth-order valence-corrected chi connectivity index (χ4v) is 2.60. The van der Waals surface area contributed by atoms with Crippen molar-refractivity contribution < 1.29 is 4.74 Å². The number of hydrogen-bond donors (Lipinski definition) is 1. The summed E-state index contributed by atoms with van der Waals surface area (Å²) in [4.78, 5) is 2.14. The molecule has 1 aliphatic rings. The molecule has 0 saturated carbocycles.